The SMILES string of the molecule is CN1C(=O)CN(S(C)(=O)=O)C[C@]1(C)C(=O)NCC(=O)NCCCN1CCc2ccccc2C1. The molecule has 3 rings (SSSR count). The van der Waals surface area contributed by atoms with Crippen LogP contribution in [-0.2, 0) is 37.4 Å². The van der Waals surface area contributed by atoms with Crippen molar-refractivity contribution in [3.05, 3.63) is 35.4 Å². The van der Waals surface area contributed by atoms with Gasteiger partial charge in [-0.15, -0.1) is 0 Å². The van der Waals surface area contributed by atoms with Crippen LogP contribution in [0.5, 0.6) is 0 Å². The first-order chi connectivity index (χ1) is 15.5. The minimum atomic E-state index is -3.64. The average molecular weight is 480 g/mol. The van der Waals surface area contributed by atoms with Crippen LogP contribution in [0.25, 0.3) is 0 Å². The molecule has 0 saturated carbocycles. The first kappa shape index (κ1) is 25.1. The molecule has 1 aromatic carbocycles. The van der Waals surface area contributed by atoms with Gasteiger partial charge in [0.1, 0.15) is 5.54 Å². The van der Waals surface area contributed by atoms with E-state index >= 15 is 0 Å². The number of nitrogens with zero attached hydrogens (tertiary/aromatic N) is 3. The molecule has 0 bridgehead atoms. The summed E-state index contributed by atoms with van der Waals surface area (Å²) in [5.41, 5.74) is 1.35. The molecule has 1 atom stereocenters. The zero-order valence-corrected chi connectivity index (χ0v) is 20.3. The number of fused-ring (bicyclic) bond motifs is 1. The Kier molecular flexibility index (Phi) is 7.76. The van der Waals surface area contributed by atoms with Crippen molar-refractivity contribution in [3.8, 4) is 0 Å². The predicted molar refractivity (Wildman–Crippen MR) is 124 cm³/mol. The Morgan fingerprint density at radius 3 is 2.52 bits per heavy atom. The summed E-state index contributed by atoms with van der Waals surface area (Å²) in [5.74, 6) is -1.39. The van der Waals surface area contributed by atoms with Gasteiger partial charge in [-0.3, -0.25) is 19.3 Å². The summed E-state index contributed by atoms with van der Waals surface area (Å²) in [7, 11) is -2.18. The molecular formula is C22H33N5O5S. The number of rotatable bonds is 8. The van der Waals surface area contributed by atoms with Crippen molar-refractivity contribution in [2.24, 2.45) is 0 Å². The number of carbonyl (C=O) groups excluding carboxylic acids is 3. The summed E-state index contributed by atoms with van der Waals surface area (Å²) in [6.45, 7) is 4.05. The van der Waals surface area contributed by atoms with Gasteiger partial charge in [-0.2, -0.15) is 4.31 Å². The van der Waals surface area contributed by atoms with Gasteiger partial charge in [-0.1, -0.05) is 24.3 Å². The minimum Gasteiger partial charge on any atom is -0.355 e. The molecule has 0 unspecified atom stereocenters. The van der Waals surface area contributed by atoms with Gasteiger partial charge in [0.2, 0.25) is 27.7 Å². The second kappa shape index (κ2) is 10.2. The number of likely N-dealkylation sites (N-methyl/N-ethyl adjacent to an activating group) is 1. The number of sulfonamides is 1. The first-order valence-corrected chi connectivity index (χ1v) is 12.9. The van der Waals surface area contributed by atoms with Crippen LogP contribution in [-0.4, -0.2) is 98.4 Å². The van der Waals surface area contributed by atoms with E-state index in [1.807, 2.05) is 0 Å². The molecular weight excluding hydrogens is 446 g/mol. The molecule has 1 saturated heterocycles. The Morgan fingerprint density at radius 2 is 1.82 bits per heavy atom. The number of hydrogen-bond acceptors (Lipinski definition) is 6. The summed E-state index contributed by atoms with van der Waals surface area (Å²) in [6, 6.07) is 8.44. The van der Waals surface area contributed by atoms with Crippen LogP contribution in [0.3, 0.4) is 0 Å². The van der Waals surface area contributed by atoms with E-state index in [-0.39, 0.29) is 25.5 Å². The highest BCUT2D eigenvalue weighted by molar-refractivity contribution is 7.88. The highest BCUT2D eigenvalue weighted by atomic mass is 32.2. The molecule has 0 aliphatic carbocycles. The topological polar surface area (TPSA) is 119 Å². The Balaban J connectivity index is 1.41. The van der Waals surface area contributed by atoms with Crippen LogP contribution in [0, 0.1) is 0 Å². The zero-order valence-electron chi connectivity index (χ0n) is 19.5. The van der Waals surface area contributed by atoms with E-state index in [0.29, 0.717) is 6.54 Å². The third-order valence-electron chi connectivity index (χ3n) is 6.46. The van der Waals surface area contributed by atoms with Crippen molar-refractivity contribution in [1.29, 1.82) is 0 Å². The van der Waals surface area contributed by atoms with E-state index in [9.17, 15) is 22.8 Å². The first-order valence-electron chi connectivity index (χ1n) is 11.1. The lowest BCUT2D eigenvalue weighted by molar-refractivity contribution is -0.150. The summed E-state index contributed by atoms with van der Waals surface area (Å²) in [6.07, 6.45) is 2.82. The van der Waals surface area contributed by atoms with Gasteiger partial charge < -0.3 is 15.5 Å². The maximum absolute atomic E-state index is 12.8. The van der Waals surface area contributed by atoms with E-state index in [2.05, 4.69) is 39.8 Å². The Bertz CT molecular complexity index is 1010. The van der Waals surface area contributed by atoms with E-state index in [1.165, 1.54) is 30.0 Å². The summed E-state index contributed by atoms with van der Waals surface area (Å²) in [5, 5.41) is 5.34. The van der Waals surface area contributed by atoms with Gasteiger partial charge in [-0.25, -0.2) is 8.42 Å². The molecule has 2 heterocycles. The summed E-state index contributed by atoms with van der Waals surface area (Å²) < 4.78 is 24.8. The van der Waals surface area contributed by atoms with Gasteiger partial charge in [-0.05, 0) is 30.9 Å². The summed E-state index contributed by atoms with van der Waals surface area (Å²) in [4.78, 5) is 40.8. The number of benzene rings is 1. The van der Waals surface area contributed by atoms with E-state index in [4.69, 9.17) is 0 Å². The van der Waals surface area contributed by atoms with Crippen LogP contribution in [0.15, 0.2) is 24.3 Å². The largest absolute Gasteiger partial charge is 0.355 e. The Morgan fingerprint density at radius 1 is 1.12 bits per heavy atom. The molecule has 11 heteroatoms. The van der Waals surface area contributed by atoms with Crippen LogP contribution in [0.4, 0.5) is 0 Å². The molecule has 3 amide bonds. The van der Waals surface area contributed by atoms with Crippen molar-refractivity contribution in [2.45, 2.75) is 31.8 Å². The predicted octanol–water partition coefficient (Wildman–Crippen LogP) is -0.840. The molecule has 182 valence electrons. The lowest BCUT2D eigenvalue weighted by atomic mass is 9.96. The second-order valence-corrected chi connectivity index (χ2v) is 10.9. The smallest absolute Gasteiger partial charge is 0.247 e. The lowest BCUT2D eigenvalue weighted by Gasteiger charge is -2.44. The fourth-order valence-corrected chi connectivity index (χ4v) is 5.02. The quantitative estimate of drug-likeness (QED) is 0.470. The van der Waals surface area contributed by atoms with Gasteiger partial charge in [0, 0.05) is 39.8 Å². The van der Waals surface area contributed by atoms with Crippen molar-refractivity contribution >= 4 is 27.7 Å². The van der Waals surface area contributed by atoms with E-state index in [0.717, 1.165) is 43.0 Å². The zero-order chi connectivity index (χ0) is 24.2. The standard InChI is InChI=1S/C22H33N5O5S/c1-22(16-27(33(3,31)32)15-20(29)25(22)2)21(30)24-13-19(28)23-10-6-11-26-12-9-17-7-4-5-8-18(17)14-26/h4-5,7-8H,6,9-16H2,1-3H3,(H,23,28)(H,24,30)/t22-/m1/s1. The maximum atomic E-state index is 12.8. The average Bonchev–Trinajstić information content (AvgIpc) is 2.77. The number of hydrogen-bond donors (Lipinski definition) is 2. The molecule has 1 aromatic rings. The molecule has 0 aromatic heterocycles. The highest BCUT2D eigenvalue weighted by Gasteiger charge is 2.47. The van der Waals surface area contributed by atoms with Gasteiger partial charge >= 0.3 is 0 Å². The third-order valence-corrected chi connectivity index (χ3v) is 7.66. The Labute approximate surface area is 195 Å². The Hall–Kier alpha value is -2.50. The molecule has 2 N–H and O–H groups in total. The van der Waals surface area contributed by atoms with Gasteiger partial charge in [0.05, 0.1) is 19.3 Å². The van der Waals surface area contributed by atoms with E-state index < -0.39 is 27.4 Å². The number of amides is 3. The van der Waals surface area contributed by atoms with E-state index in [1.54, 1.807) is 0 Å². The van der Waals surface area contributed by atoms with Gasteiger partial charge in [0.25, 0.3) is 0 Å². The number of nitrogens with one attached hydrogen (secondary N) is 2. The normalized spacial score (nSPS) is 22.0. The van der Waals surface area contributed by atoms with Crippen LogP contribution < -0.4 is 10.6 Å². The molecule has 33 heavy (non-hydrogen) atoms. The second-order valence-electron chi connectivity index (χ2n) is 8.94. The lowest BCUT2D eigenvalue weighted by Crippen LogP contribution is -2.68. The number of piperazine rings is 1. The van der Waals surface area contributed by atoms with Crippen molar-refractivity contribution < 1.29 is 22.8 Å². The molecule has 0 spiro atoms. The molecule has 0 radical (unpaired) electrons. The van der Waals surface area contributed by atoms with Crippen molar-refractivity contribution in [1.82, 2.24) is 24.7 Å². The molecule has 2 aliphatic rings. The minimum absolute atomic E-state index is 0.166. The highest BCUT2D eigenvalue weighted by Crippen LogP contribution is 2.23. The maximum Gasteiger partial charge on any atom is 0.247 e. The molecule has 10 nitrogen and oxygen atoms in total. The summed E-state index contributed by atoms with van der Waals surface area (Å²) >= 11 is 0. The van der Waals surface area contributed by atoms with Crippen LogP contribution >= 0.6 is 0 Å². The third kappa shape index (κ3) is 6.10. The number of carbonyl (C=O) groups is 3. The van der Waals surface area contributed by atoms with Crippen LogP contribution in [0.2, 0.25) is 0 Å². The monoisotopic (exact) mass is 479 g/mol. The molecule has 2 aliphatic heterocycles. The molecule has 1 fully saturated rings. The van der Waals surface area contributed by atoms with Crippen LogP contribution in [0.1, 0.15) is 24.5 Å². The van der Waals surface area contributed by atoms with Crippen molar-refractivity contribution in [3.63, 3.8) is 0 Å². The fraction of sp³-hybridized carbons (Fsp3) is 0.591. The van der Waals surface area contributed by atoms with Crippen molar-refractivity contribution in [2.75, 3.05) is 52.6 Å². The van der Waals surface area contributed by atoms with Gasteiger partial charge in [0.15, 0.2) is 0 Å². The fourth-order valence-electron chi connectivity index (χ4n) is 4.19.